The minimum absolute atomic E-state index is 0.754. The van der Waals surface area contributed by atoms with Crippen LogP contribution in [0.1, 0.15) is 12.0 Å². The Morgan fingerprint density at radius 3 is 2.90 bits per heavy atom. The second-order valence-corrected chi connectivity index (χ2v) is 5.45. The Kier molecular flexibility index (Phi) is 4.38. The van der Waals surface area contributed by atoms with E-state index in [1.807, 2.05) is 36.6 Å². The van der Waals surface area contributed by atoms with Gasteiger partial charge in [-0.3, -0.25) is 4.90 Å². The zero-order chi connectivity index (χ0) is 13.6. The maximum Gasteiger partial charge on any atom is 0.119 e. The third-order valence-electron chi connectivity index (χ3n) is 3.89. The van der Waals surface area contributed by atoms with Crippen molar-refractivity contribution in [1.29, 1.82) is 0 Å². The first-order valence-electron chi connectivity index (χ1n) is 7.31. The second-order valence-electron chi connectivity index (χ2n) is 5.45. The van der Waals surface area contributed by atoms with E-state index in [9.17, 15) is 0 Å². The first-order valence-corrected chi connectivity index (χ1v) is 7.31. The van der Waals surface area contributed by atoms with Crippen molar-refractivity contribution in [3.05, 3.63) is 54.5 Å². The zero-order valence-electron chi connectivity index (χ0n) is 11.7. The summed E-state index contributed by atoms with van der Waals surface area (Å²) in [4.78, 5) is 2.49. The fourth-order valence-electron chi connectivity index (χ4n) is 2.83. The molecule has 1 fully saturated rings. The Morgan fingerprint density at radius 2 is 2.10 bits per heavy atom. The normalized spacial score (nSPS) is 19.3. The molecule has 0 aliphatic carbocycles. The van der Waals surface area contributed by atoms with E-state index in [4.69, 9.17) is 9.15 Å². The highest BCUT2D eigenvalue weighted by Crippen LogP contribution is 2.20. The minimum atomic E-state index is 0.754. The summed E-state index contributed by atoms with van der Waals surface area (Å²) in [5, 5.41) is 0. The zero-order valence-corrected chi connectivity index (χ0v) is 11.7. The molecule has 0 N–H and O–H groups in total. The summed E-state index contributed by atoms with van der Waals surface area (Å²) in [5.41, 5.74) is 1.32. The Balaban J connectivity index is 1.37. The molecule has 1 aliphatic heterocycles. The number of para-hydroxylation sites is 1. The largest absolute Gasteiger partial charge is 0.492 e. The second kappa shape index (κ2) is 6.62. The van der Waals surface area contributed by atoms with E-state index >= 15 is 0 Å². The van der Waals surface area contributed by atoms with Gasteiger partial charge in [0.2, 0.25) is 0 Å². The van der Waals surface area contributed by atoms with E-state index in [-0.39, 0.29) is 0 Å². The Hall–Kier alpha value is -1.74. The highest BCUT2D eigenvalue weighted by atomic mass is 16.5. The molecule has 1 saturated heterocycles. The van der Waals surface area contributed by atoms with Gasteiger partial charge in [-0.1, -0.05) is 18.2 Å². The van der Waals surface area contributed by atoms with Gasteiger partial charge in [0.25, 0.3) is 0 Å². The third-order valence-corrected chi connectivity index (χ3v) is 3.89. The quantitative estimate of drug-likeness (QED) is 0.806. The number of hydrogen-bond acceptors (Lipinski definition) is 3. The molecule has 1 aromatic carbocycles. The van der Waals surface area contributed by atoms with E-state index in [1.54, 1.807) is 6.26 Å². The number of hydrogen-bond donors (Lipinski definition) is 0. The van der Waals surface area contributed by atoms with Crippen LogP contribution in [0.2, 0.25) is 0 Å². The minimum Gasteiger partial charge on any atom is -0.492 e. The molecule has 0 amide bonds. The lowest BCUT2D eigenvalue weighted by atomic mass is 10.0. The molecular formula is C17H21NO2. The molecule has 0 bridgehead atoms. The van der Waals surface area contributed by atoms with Crippen molar-refractivity contribution in [2.24, 2.45) is 5.92 Å². The summed E-state index contributed by atoms with van der Waals surface area (Å²) in [6.07, 6.45) is 6.03. The summed E-state index contributed by atoms with van der Waals surface area (Å²) >= 11 is 0. The smallest absolute Gasteiger partial charge is 0.119 e. The highest BCUT2D eigenvalue weighted by molar-refractivity contribution is 5.20. The van der Waals surface area contributed by atoms with Crippen molar-refractivity contribution in [3.63, 3.8) is 0 Å². The van der Waals surface area contributed by atoms with Crippen molar-refractivity contribution in [2.45, 2.75) is 12.8 Å². The Morgan fingerprint density at radius 1 is 1.20 bits per heavy atom. The molecule has 106 valence electrons. The number of rotatable bonds is 6. The lowest BCUT2D eigenvalue weighted by molar-refractivity contribution is 0.232. The topological polar surface area (TPSA) is 25.6 Å². The summed E-state index contributed by atoms with van der Waals surface area (Å²) in [7, 11) is 0. The van der Waals surface area contributed by atoms with Crippen LogP contribution >= 0.6 is 0 Å². The molecule has 1 aliphatic rings. The van der Waals surface area contributed by atoms with Gasteiger partial charge in [-0.05, 0) is 49.1 Å². The molecule has 0 spiro atoms. The van der Waals surface area contributed by atoms with Gasteiger partial charge in [0.1, 0.15) is 12.4 Å². The number of furan rings is 1. The standard InChI is InChI=1S/C17H21NO2/c1-2-4-17(5-3-1)20-11-9-18-8-6-15(13-18)12-16-7-10-19-14-16/h1-5,7,10,14-15H,6,8-9,11-13H2. The predicted molar refractivity (Wildman–Crippen MR) is 78.9 cm³/mol. The average molecular weight is 271 g/mol. The van der Waals surface area contributed by atoms with Crippen LogP contribution in [0.4, 0.5) is 0 Å². The van der Waals surface area contributed by atoms with Crippen LogP contribution in [0, 0.1) is 5.92 Å². The van der Waals surface area contributed by atoms with Crippen LogP contribution in [0.25, 0.3) is 0 Å². The lowest BCUT2D eigenvalue weighted by Gasteiger charge is -2.16. The van der Waals surface area contributed by atoms with Gasteiger partial charge in [-0.15, -0.1) is 0 Å². The Bertz CT molecular complexity index is 495. The maximum atomic E-state index is 5.75. The summed E-state index contributed by atoms with van der Waals surface area (Å²) in [5.74, 6) is 1.71. The van der Waals surface area contributed by atoms with Crippen molar-refractivity contribution in [1.82, 2.24) is 4.90 Å². The molecule has 1 atom stereocenters. The van der Waals surface area contributed by atoms with Gasteiger partial charge >= 0.3 is 0 Å². The van der Waals surface area contributed by atoms with Gasteiger partial charge in [0.05, 0.1) is 12.5 Å². The maximum absolute atomic E-state index is 5.75. The van der Waals surface area contributed by atoms with Crippen LogP contribution in [-0.4, -0.2) is 31.1 Å². The first-order chi connectivity index (χ1) is 9.90. The summed E-state index contributed by atoms with van der Waals surface area (Å²) in [6.45, 7) is 4.13. The molecule has 20 heavy (non-hydrogen) atoms. The molecule has 2 aromatic rings. The van der Waals surface area contributed by atoms with Crippen molar-refractivity contribution >= 4 is 0 Å². The molecule has 3 rings (SSSR count). The average Bonchev–Trinajstić information content (AvgIpc) is 3.13. The predicted octanol–water partition coefficient (Wildman–Crippen LogP) is 3.22. The van der Waals surface area contributed by atoms with Gasteiger partial charge in [0, 0.05) is 13.1 Å². The lowest BCUT2D eigenvalue weighted by Crippen LogP contribution is -2.26. The SMILES string of the molecule is c1ccc(OCCN2CCC(Cc3ccoc3)C2)cc1. The molecule has 1 aromatic heterocycles. The first kappa shape index (κ1) is 13.3. The molecular weight excluding hydrogens is 250 g/mol. The van der Waals surface area contributed by atoms with Crippen LogP contribution in [0.5, 0.6) is 5.75 Å². The van der Waals surface area contributed by atoms with Crippen LogP contribution in [0.3, 0.4) is 0 Å². The molecule has 0 radical (unpaired) electrons. The fourth-order valence-corrected chi connectivity index (χ4v) is 2.83. The number of ether oxygens (including phenoxy) is 1. The number of benzene rings is 1. The van der Waals surface area contributed by atoms with E-state index in [0.29, 0.717) is 0 Å². The van der Waals surface area contributed by atoms with Gasteiger partial charge in [-0.2, -0.15) is 0 Å². The van der Waals surface area contributed by atoms with Gasteiger partial charge in [-0.25, -0.2) is 0 Å². The molecule has 2 heterocycles. The van der Waals surface area contributed by atoms with E-state index < -0.39 is 0 Å². The van der Waals surface area contributed by atoms with E-state index in [0.717, 1.165) is 31.2 Å². The van der Waals surface area contributed by atoms with E-state index in [2.05, 4.69) is 11.0 Å². The van der Waals surface area contributed by atoms with Crippen LogP contribution in [-0.2, 0) is 6.42 Å². The van der Waals surface area contributed by atoms with Gasteiger partial charge in [0.15, 0.2) is 0 Å². The third kappa shape index (κ3) is 3.64. The van der Waals surface area contributed by atoms with Crippen LogP contribution < -0.4 is 4.74 Å². The summed E-state index contributed by atoms with van der Waals surface area (Å²) < 4.78 is 10.9. The van der Waals surface area contributed by atoms with Crippen molar-refractivity contribution in [3.8, 4) is 5.75 Å². The molecule has 0 saturated carbocycles. The molecule has 3 heteroatoms. The van der Waals surface area contributed by atoms with Crippen molar-refractivity contribution < 1.29 is 9.15 Å². The molecule has 3 nitrogen and oxygen atoms in total. The number of likely N-dealkylation sites (tertiary alicyclic amines) is 1. The summed E-state index contributed by atoms with van der Waals surface area (Å²) in [6, 6.07) is 12.1. The van der Waals surface area contributed by atoms with Crippen LogP contribution in [0.15, 0.2) is 53.3 Å². The van der Waals surface area contributed by atoms with E-state index in [1.165, 1.54) is 25.1 Å². The van der Waals surface area contributed by atoms with Crippen molar-refractivity contribution in [2.75, 3.05) is 26.2 Å². The molecule has 1 unspecified atom stereocenters. The number of nitrogens with zero attached hydrogens (tertiary/aromatic N) is 1. The fraction of sp³-hybridized carbons (Fsp3) is 0.412. The highest BCUT2D eigenvalue weighted by Gasteiger charge is 2.22. The Labute approximate surface area is 120 Å². The monoisotopic (exact) mass is 271 g/mol. The van der Waals surface area contributed by atoms with Gasteiger partial charge < -0.3 is 9.15 Å².